The van der Waals surface area contributed by atoms with Crippen molar-refractivity contribution in [3.8, 4) is 11.8 Å². The average Bonchev–Trinajstić information content (AvgIpc) is 2.68. The first-order valence-corrected chi connectivity index (χ1v) is 9.04. The van der Waals surface area contributed by atoms with Gasteiger partial charge in [-0.15, -0.1) is 0 Å². The third-order valence-corrected chi connectivity index (χ3v) is 3.86. The summed E-state index contributed by atoms with van der Waals surface area (Å²) in [5, 5.41) is 23.4. The number of aromatic hydroxyl groups is 1. The van der Waals surface area contributed by atoms with Gasteiger partial charge >= 0.3 is 6.01 Å². The summed E-state index contributed by atoms with van der Waals surface area (Å²) in [6.45, 7) is 6.10. The summed E-state index contributed by atoms with van der Waals surface area (Å²) >= 11 is 0. The van der Waals surface area contributed by atoms with Gasteiger partial charge in [0.25, 0.3) is 0 Å². The number of hydrazone groups is 1. The molecule has 0 radical (unpaired) electrons. The Bertz CT molecular complexity index is 799. The predicted molar refractivity (Wildman–Crippen MR) is 106 cm³/mol. The van der Waals surface area contributed by atoms with Crippen LogP contribution in [-0.4, -0.2) is 64.9 Å². The third-order valence-electron chi connectivity index (χ3n) is 3.86. The van der Waals surface area contributed by atoms with Gasteiger partial charge in [-0.2, -0.15) is 15.1 Å². The zero-order valence-electron chi connectivity index (χ0n) is 16.0. The Morgan fingerprint density at radius 3 is 2.64 bits per heavy atom. The van der Waals surface area contributed by atoms with Crippen molar-refractivity contribution in [3.63, 3.8) is 0 Å². The molecule has 2 aromatic rings. The molecular weight excluding hydrogens is 362 g/mol. The molecule has 1 aromatic heterocycles. The number of anilines is 2. The van der Waals surface area contributed by atoms with Crippen LogP contribution in [0.2, 0.25) is 0 Å². The minimum absolute atomic E-state index is 0.0713. The quantitative estimate of drug-likeness (QED) is 0.373. The van der Waals surface area contributed by atoms with Gasteiger partial charge in [0, 0.05) is 19.2 Å². The smallest absolute Gasteiger partial charge is 0.319 e. The van der Waals surface area contributed by atoms with Crippen molar-refractivity contribution in [1.29, 1.82) is 0 Å². The van der Waals surface area contributed by atoms with Crippen LogP contribution in [0, 0.1) is 0 Å². The topological polar surface area (TPSA) is 112 Å². The molecule has 1 fully saturated rings. The van der Waals surface area contributed by atoms with Gasteiger partial charge in [0.05, 0.1) is 36.4 Å². The average molecular weight is 387 g/mol. The van der Waals surface area contributed by atoms with Gasteiger partial charge < -0.3 is 24.6 Å². The van der Waals surface area contributed by atoms with Crippen LogP contribution in [0.3, 0.4) is 0 Å². The first kappa shape index (κ1) is 19.8. The number of ether oxygens (including phenoxy) is 2. The van der Waals surface area contributed by atoms with Crippen molar-refractivity contribution in [2.45, 2.75) is 19.4 Å². The van der Waals surface area contributed by atoms with Gasteiger partial charge in [-0.25, -0.2) is 0 Å². The van der Waals surface area contributed by atoms with Crippen molar-refractivity contribution in [2.75, 3.05) is 43.2 Å². The van der Waals surface area contributed by atoms with E-state index in [9.17, 15) is 10.2 Å². The number of hydrogen-bond acceptors (Lipinski definition) is 9. The molecule has 3 N–H and O–H groups in total. The predicted octanol–water partition coefficient (Wildman–Crippen LogP) is 1.61. The molecule has 1 aromatic carbocycles. The first-order valence-electron chi connectivity index (χ1n) is 9.04. The number of benzene rings is 1. The standard InChI is InChI=1S/C19H25N5O4/c1-19(2,26)13-28-18-21-15(11-17(22-18)24-7-9-27-10-8-24)12-20-23-14-3-5-16(25)6-4-14/h3-6,11-12,23,25-26H,7-10,13H2,1-2H3/b20-12+. The Kier molecular flexibility index (Phi) is 6.27. The molecule has 1 saturated heterocycles. The van der Waals surface area contributed by atoms with Crippen molar-refractivity contribution < 1.29 is 19.7 Å². The Labute approximate surface area is 163 Å². The van der Waals surface area contributed by atoms with E-state index < -0.39 is 5.60 Å². The normalized spacial score (nSPS) is 15.0. The van der Waals surface area contributed by atoms with E-state index in [1.165, 1.54) is 0 Å². The molecule has 1 aliphatic rings. The maximum absolute atomic E-state index is 9.89. The minimum Gasteiger partial charge on any atom is -0.508 e. The number of aromatic nitrogens is 2. The van der Waals surface area contributed by atoms with E-state index in [2.05, 4.69) is 25.4 Å². The van der Waals surface area contributed by atoms with Gasteiger partial charge in [0.15, 0.2) is 0 Å². The van der Waals surface area contributed by atoms with Crippen molar-refractivity contribution >= 4 is 17.7 Å². The van der Waals surface area contributed by atoms with Crippen LogP contribution in [0.4, 0.5) is 11.5 Å². The molecule has 0 spiro atoms. The maximum Gasteiger partial charge on any atom is 0.319 e. The molecule has 9 nitrogen and oxygen atoms in total. The first-order chi connectivity index (χ1) is 13.4. The Hall–Kier alpha value is -2.91. The fraction of sp³-hybridized carbons (Fsp3) is 0.421. The molecule has 2 heterocycles. The highest BCUT2D eigenvalue weighted by molar-refractivity contribution is 5.79. The minimum atomic E-state index is -0.993. The monoisotopic (exact) mass is 387 g/mol. The Balaban J connectivity index is 1.77. The van der Waals surface area contributed by atoms with Crippen LogP contribution in [0.25, 0.3) is 0 Å². The van der Waals surface area contributed by atoms with Crippen LogP contribution >= 0.6 is 0 Å². The van der Waals surface area contributed by atoms with Crippen LogP contribution in [0.5, 0.6) is 11.8 Å². The number of phenolic OH excluding ortho intramolecular Hbond substituents is 1. The van der Waals surface area contributed by atoms with Gasteiger partial charge in [0.2, 0.25) is 0 Å². The van der Waals surface area contributed by atoms with Gasteiger partial charge in [-0.1, -0.05) is 0 Å². The third kappa shape index (κ3) is 6.07. The fourth-order valence-corrected chi connectivity index (χ4v) is 2.47. The molecule has 0 unspecified atom stereocenters. The second kappa shape index (κ2) is 8.85. The van der Waals surface area contributed by atoms with Crippen molar-refractivity contribution in [3.05, 3.63) is 36.0 Å². The van der Waals surface area contributed by atoms with E-state index in [-0.39, 0.29) is 18.4 Å². The molecule has 28 heavy (non-hydrogen) atoms. The highest BCUT2D eigenvalue weighted by Crippen LogP contribution is 2.18. The lowest BCUT2D eigenvalue weighted by atomic mass is 10.2. The zero-order chi connectivity index (χ0) is 20.0. The lowest BCUT2D eigenvalue weighted by Gasteiger charge is -2.28. The molecule has 0 bridgehead atoms. The van der Waals surface area contributed by atoms with Crippen LogP contribution in [0.1, 0.15) is 19.5 Å². The van der Waals surface area contributed by atoms with Crippen LogP contribution in [-0.2, 0) is 4.74 Å². The summed E-state index contributed by atoms with van der Waals surface area (Å²) in [6, 6.07) is 8.57. The fourth-order valence-electron chi connectivity index (χ4n) is 2.47. The molecule has 0 saturated carbocycles. The van der Waals surface area contributed by atoms with E-state index in [0.717, 1.165) is 24.6 Å². The number of nitrogens with zero attached hydrogens (tertiary/aromatic N) is 4. The number of phenols is 1. The summed E-state index contributed by atoms with van der Waals surface area (Å²) < 4.78 is 11.0. The lowest BCUT2D eigenvalue weighted by Crippen LogP contribution is -2.37. The van der Waals surface area contributed by atoms with Gasteiger partial charge in [0.1, 0.15) is 18.2 Å². The van der Waals surface area contributed by atoms with E-state index in [0.29, 0.717) is 18.9 Å². The summed E-state index contributed by atoms with van der Waals surface area (Å²) in [7, 11) is 0. The lowest BCUT2D eigenvalue weighted by molar-refractivity contribution is 0.0250. The number of morpholine rings is 1. The highest BCUT2D eigenvalue weighted by Gasteiger charge is 2.18. The summed E-state index contributed by atoms with van der Waals surface area (Å²) in [5.41, 5.74) is 3.18. The van der Waals surface area contributed by atoms with Gasteiger partial charge in [-0.05, 0) is 38.1 Å². The maximum atomic E-state index is 9.89. The molecule has 0 aliphatic carbocycles. The Morgan fingerprint density at radius 1 is 1.25 bits per heavy atom. The molecule has 0 amide bonds. The van der Waals surface area contributed by atoms with Crippen LogP contribution < -0.4 is 15.1 Å². The molecule has 3 rings (SSSR count). The number of hydrogen-bond donors (Lipinski definition) is 3. The largest absolute Gasteiger partial charge is 0.508 e. The van der Waals surface area contributed by atoms with E-state index in [1.54, 1.807) is 44.3 Å². The van der Waals surface area contributed by atoms with Crippen LogP contribution in [0.15, 0.2) is 35.4 Å². The van der Waals surface area contributed by atoms with E-state index >= 15 is 0 Å². The van der Waals surface area contributed by atoms with E-state index in [1.807, 2.05) is 6.07 Å². The second-order valence-electron chi connectivity index (χ2n) is 7.05. The number of rotatable bonds is 7. The molecule has 1 aliphatic heterocycles. The zero-order valence-corrected chi connectivity index (χ0v) is 16.0. The summed E-state index contributed by atoms with van der Waals surface area (Å²) in [4.78, 5) is 10.9. The SMILES string of the molecule is CC(C)(O)COc1nc(/C=N/Nc2ccc(O)cc2)cc(N2CCOCC2)n1. The summed E-state index contributed by atoms with van der Waals surface area (Å²) in [5.74, 6) is 0.907. The number of aliphatic hydroxyl groups is 1. The number of nitrogens with one attached hydrogen (secondary N) is 1. The molecule has 9 heteroatoms. The summed E-state index contributed by atoms with van der Waals surface area (Å²) in [6.07, 6.45) is 1.56. The van der Waals surface area contributed by atoms with Crippen molar-refractivity contribution in [1.82, 2.24) is 9.97 Å². The molecule has 150 valence electrons. The van der Waals surface area contributed by atoms with Gasteiger partial charge in [-0.3, -0.25) is 5.43 Å². The molecular formula is C19H25N5O4. The Morgan fingerprint density at radius 2 is 1.96 bits per heavy atom. The molecule has 0 atom stereocenters. The highest BCUT2D eigenvalue weighted by atomic mass is 16.5. The van der Waals surface area contributed by atoms with E-state index in [4.69, 9.17) is 9.47 Å². The second-order valence-corrected chi connectivity index (χ2v) is 7.05. The van der Waals surface area contributed by atoms with Crippen molar-refractivity contribution in [2.24, 2.45) is 5.10 Å².